The first-order chi connectivity index (χ1) is 26.0. The number of carbonyl (C=O) groups is 4. The summed E-state index contributed by atoms with van der Waals surface area (Å²) < 4.78 is 0. The van der Waals surface area contributed by atoms with E-state index in [0.29, 0.717) is 25.7 Å². The molecular formula is C46H36O8. The van der Waals surface area contributed by atoms with E-state index in [1.165, 1.54) is 0 Å². The van der Waals surface area contributed by atoms with Crippen molar-refractivity contribution in [2.45, 2.75) is 25.7 Å². The van der Waals surface area contributed by atoms with Gasteiger partial charge in [-0.3, -0.25) is 0 Å². The molecule has 0 aliphatic heterocycles. The molecule has 0 saturated heterocycles. The molecule has 6 rings (SSSR count). The topological polar surface area (TPSA) is 149 Å². The number of hydrogen-bond acceptors (Lipinski definition) is 4. The van der Waals surface area contributed by atoms with Crippen LogP contribution in [0.3, 0.4) is 0 Å². The summed E-state index contributed by atoms with van der Waals surface area (Å²) in [6, 6.07) is 39.9. The van der Waals surface area contributed by atoms with Crippen molar-refractivity contribution in [2.24, 2.45) is 0 Å². The van der Waals surface area contributed by atoms with Crippen LogP contribution in [-0.2, 0) is 25.7 Å². The molecule has 0 saturated carbocycles. The molecule has 54 heavy (non-hydrogen) atoms. The van der Waals surface area contributed by atoms with Crippen molar-refractivity contribution in [3.05, 3.63) is 211 Å². The van der Waals surface area contributed by atoms with Crippen LogP contribution in [0, 0.1) is 0 Å². The maximum Gasteiger partial charge on any atom is 0.335 e. The molecule has 0 amide bonds. The molecule has 268 valence electrons. The Morgan fingerprint density at radius 3 is 0.704 bits per heavy atom. The number of carboxylic acid groups (broad SMARTS) is 4. The van der Waals surface area contributed by atoms with Crippen molar-refractivity contribution >= 4 is 36.0 Å². The molecule has 6 aromatic rings. The fourth-order valence-corrected chi connectivity index (χ4v) is 6.38. The maximum absolute atomic E-state index is 11.4. The first-order valence-corrected chi connectivity index (χ1v) is 17.2. The van der Waals surface area contributed by atoms with E-state index in [2.05, 4.69) is 36.4 Å². The molecule has 8 nitrogen and oxygen atoms in total. The van der Waals surface area contributed by atoms with Crippen LogP contribution < -0.4 is 0 Å². The lowest BCUT2D eigenvalue weighted by molar-refractivity contribution is 0.0686. The Kier molecular flexibility index (Phi) is 11.2. The predicted molar refractivity (Wildman–Crippen MR) is 207 cm³/mol. The van der Waals surface area contributed by atoms with Gasteiger partial charge in [0.25, 0.3) is 0 Å². The first-order valence-electron chi connectivity index (χ1n) is 17.2. The summed E-state index contributed by atoms with van der Waals surface area (Å²) in [5.74, 6) is -3.93. The van der Waals surface area contributed by atoms with Crippen LogP contribution in [0.2, 0.25) is 0 Å². The van der Waals surface area contributed by atoms with Gasteiger partial charge in [-0.1, -0.05) is 97.1 Å². The third-order valence-electron chi connectivity index (χ3n) is 9.05. The molecule has 4 N–H and O–H groups in total. The molecule has 0 spiro atoms. The smallest absolute Gasteiger partial charge is 0.335 e. The predicted octanol–water partition coefficient (Wildman–Crippen LogP) is 9.01. The van der Waals surface area contributed by atoms with Crippen LogP contribution >= 0.6 is 0 Å². The Hall–Kier alpha value is -7.06. The van der Waals surface area contributed by atoms with Gasteiger partial charge < -0.3 is 20.4 Å². The highest BCUT2D eigenvalue weighted by Gasteiger charge is 2.10. The van der Waals surface area contributed by atoms with E-state index in [-0.39, 0.29) is 22.3 Å². The van der Waals surface area contributed by atoms with Crippen molar-refractivity contribution in [2.75, 3.05) is 0 Å². The largest absolute Gasteiger partial charge is 0.478 e. The summed E-state index contributed by atoms with van der Waals surface area (Å²) in [4.78, 5) is 45.6. The second-order valence-corrected chi connectivity index (χ2v) is 13.2. The fraction of sp³-hybridized carbons (Fsp3) is 0.0870. The van der Waals surface area contributed by atoms with Crippen LogP contribution in [0.5, 0.6) is 0 Å². The lowest BCUT2D eigenvalue weighted by Crippen LogP contribution is -1.99. The lowest BCUT2D eigenvalue weighted by Gasteiger charge is -2.11. The second-order valence-electron chi connectivity index (χ2n) is 13.2. The number of rotatable bonds is 14. The highest BCUT2D eigenvalue weighted by Crippen LogP contribution is 2.23. The molecular weight excluding hydrogens is 680 g/mol. The molecule has 0 aliphatic rings. The van der Waals surface area contributed by atoms with E-state index >= 15 is 0 Å². The normalized spacial score (nSPS) is 11.0. The zero-order valence-electron chi connectivity index (χ0n) is 29.1. The molecule has 0 aromatic heterocycles. The maximum atomic E-state index is 11.4. The van der Waals surface area contributed by atoms with Gasteiger partial charge in [-0.25, -0.2) is 19.2 Å². The zero-order chi connectivity index (χ0) is 38.2. The fourth-order valence-electron chi connectivity index (χ4n) is 6.38. The number of carboxylic acids is 4. The molecule has 6 aromatic carbocycles. The Morgan fingerprint density at radius 1 is 0.315 bits per heavy atom. The molecule has 0 bridgehead atoms. The Balaban J connectivity index is 1.33. The third-order valence-corrected chi connectivity index (χ3v) is 9.05. The van der Waals surface area contributed by atoms with Gasteiger partial charge >= 0.3 is 23.9 Å². The van der Waals surface area contributed by atoms with Crippen LogP contribution in [-0.4, -0.2) is 44.3 Å². The molecule has 0 radical (unpaired) electrons. The van der Waals surface area contributed by atoms with Crippen molar-refractivity contribution < 1.29 is 39.6 Å². The Morgan fingerprint density at radius 2 is 0.519 bits per heavy atom. The standard InChI is InChI=1S/C46H36O8/c47-43(48)39-11-3-29(4-12-39)19-35-23-33(24-36(27-35)20-30-5-13-40(14-6-30)44(49)50)1-2-34-25-37(21-31-7-15-41(16-8-31)45(51)52)28-38(26-34)22-32-9-17-42(18-10-32)46(53)54/h1-18,23-28H,19-22H2,(H,47,48)(H,49,50)(H,51,52)(H,53,54)/b2-1+. The minimum Gasteiger partial charge on any atom is -0.478 e. The molecule has 0 heterocycles. The van der Waals surface area contributed by atoms with E-state index in [4.69, 9.17) is 0 Å². The minimum absolute atomic E-state index is 0.220. The van der Waals surface area contributed by atoms with Crippen molar-refractivity contribution in [1.29, 1.82) is 0 Å². The summed E-state index contributed by atoms with van der Waals surface area (Å²) in [6.07, 6.45) is 6.39. The minimum atomic E-state index is -0.982. The van der Waals surface area contributed by atoms with Crippen LogP contribution in [0.4, 0.5) is 0 Å². The molecule has 0 unspecified atom stereocenters. The number of benzene rings is 6. The van der Waals surface area contributed by atoms with Crippen LogP contribution in [0.25, 0.3) is 12.2 Å². The van der Waals surface area contributed by atoms with Gasteiger partial charge in [0.2, 0.25) is 0 Å². The lowest BCUT2D eigenvalue weighted by atomic mass is 9.94. The molecule has 0 fully saturated rings. The summed E-state index contributed by atoms with van der Waals surface area (Å²) in [7, 11) is 0. The van der Waals surface area contributed by atoms with E-state index in [1.807, 2.05) is 60.7 Å². The van der Waals surface area contributed by atoms with Crippen molar-refractivity contribution in [3.8, 4) is 0 Å². The van der Waals surface area contributed by atoms with E-state index < -0.39 is 23.9 Å². The molecule has 0 aliphatic carbocycles. The van der Waals surface area contributed by atoms with Crippen molar-refractivity contribution in [1.82, 2.24) is 0 Å². The van der Waals surface area contributed by atoms with Gasteiger partial charge in [-0.2, -0.15) is 0 Å². The Labute approximate surface area is 311 Å². The Bertz CT molecular complexity index is 2030. The second kappa shape index (κ2) is 16.5. The molecule has 0 atom stereocenters. The summed E-state index contributed by atoms with van der Waals surface area (Å²) in [6.45, 7) is 0. The summed E-state index contributed by atoms with van der Waals surface area (Å²) in [5, 5.41) is 37.4. The number of hydrogen-bond donors (Lipinski definition) is 4. The van der Waals surface area contributed by atoms with Crippen LogP contribution in [0.15, 0.2) is 133 Å². The van der Waals surface area contributed by atoms with E-state index in [1.54, 1.807) is 48.5 Å². The van der Waals surface area contributed by atoms with E-state index in [0.717, 1.165) is 55.6 Å². The third kappa shape index (κ3) is 9.83. The number of aromatic carboxylic acids is 4. The first kappa shape index (κ1) is 36.7. The van der Waals surface area contributed by atoms with Gasteiger partial charge in [-0.05, 0) is 130 Å². The van der Waals surface area contributed by atoms with Gasteiger partial charge in [0.1, 0.15) is 0 Å². The highest BCUT2D eigenvalue weighted by atomic mass is 16.4. The van der Waals surface area contributed by atoms with Gasteiger partial charge in [0, 0.05) is 0 Å². The molecule has 8 heteroatoms. The van der Waals surface area contributed by atoms with Gasteiger partial charge in [0.05, 0.1) is 22.3 Å². The van der Waals surface area contributed by atoms with Crippen molar-refractivity contribution in [3.63, 3.8) is 0 Å². The van der Waals surface area contributed by atoms with Crippen LogP contribution in [0.1, 0.15) is 97.1 Å². The average molecular weight is 717 g/mol. The summed E-state index contributed by atoms with van der Waals surface area (Å²) >= 11 is 0. The van der Waals surface area contributed by atoms with Gasteiger partial charge in [0.15, 0.2) is 0 Å². The van der Waals surface area contributed by atoms with E-state index in [9.17, 15) is 39.6 Å². The SMILES string of the molecule is O=C(O)c1ccc(Cc2cc(/C=C/c3cc(Cc4ccc(C(=O)O)cc4)cc(Cc4ccc(C(=O)O)cc4)c3)cc(Cc3ccc(C(=O)O)cc3)c2)cc1. The zero-order valence-corrected chi connectivity index (χ0v) is 29.1. The van der Waals surface area contributed by atoms with Gasteiger partial charge in [-0.15, -0.1) is 0 Å². The average Bonchev–Trinajstić information content (AvgIpc) is 3.15. The summed E-state index contributed by atoms with van der Waals surface area (Å²) in [5.41, 5.74) is 10.7. The monoisotopic (exact) mass is 716 g/mol. The highest BCUT2D eigenvalue weighted by molar-refractivity contribution is 5.89. The quantitative estimate of drug-likeness (QED) is 0.0816.